The zero-order valence-corrected chi connectivity index (χ0v) is 23.6. The summed E-state index contributed by atoms with van der Waals surface area (Å²) in [7, 11) is 0. The summed E-state index contributed by atoms with van der Waals surface area (Å²) >= 11 is 0. The van der Waals surface area contributed by atoms with Crippen LogP contribution in [0.25, 0.3) is 12.3 Å². The fourth-order valence-corrected chi connectivity index (χ4v) is 5.36. The first-order valence-electron chi connectivity index (χ1n) is 13.6. The van der Waals surface area contributed by atoms with E-state index in [1.165, 1.54) is 22.7 Å². The Balaban J connectivity index is 1.55. The summed E-state index contributed by atoms with van der Waals surface area (Å²) in [6, 6.07) is 12.8. The highest BCUT2D eigenvalue weighted by molar-refractivity contribution is 5.68. The number of halogens is 3. The lowest BCUT2D eigenvalue weighted by Crippen LogP contribution is -2.46. The lowest BCUT2D eigenvalue weighted by atomic mass is 9.87. The predicted octanol–water partition coefficient (Wildman–Crippen LogP) is 5.18. The minimum Gasteiger partial charge on any atom is -0.373 e. The van der Waals surface area contributed by atoms with Crippen LogP contribution in [0.2, 0.25) is 0 Å². The Kier molecular flexibility index (Phi) is 7.63. The molecule has 2 aliphatic rings. The minimum atomic E-state index is -4.51. The van der Waals surface area contributed by atoms with E-state index in [-0.39, 0.29) is 30.0 Å². The number of rotatable bonds is 5. The molecule has 1 N–H and O–H groups in total. The van der Waals surface area contributed by atoms with Crippen molar-refractivity contribution in [3.8, 4) is 0 Å². The summed E-state index contributed by atoms with van der Waals surface area (Å²) in [4.78, 5) is 12.8. The Morgan fingerprint density at radius 2 is 1.73 bits per heavy atom. The molecule has 2 aliphatic heterocycles. The maximum Gasteiger partial charge on any atom is 0.419 e. The SMILES string of the molecule is CC1CN(Cc2cc(Nc3ccc(C(C)(C)C)cc3)c3c(n2)=CN(c2ncccc2C(F)(F)F)CC=3)CC(C)O1. The van der Waals surface area contributed by atoms with E-state index in [9.17, 15) is 13.2 Å². The second-order valence-electron chi connectivity index (χ2n) is 11.7. The molecule has 3 aromatic rings. The first kappa shape index (κ1) is 28.1. The molecule has 0 saturated carbocycles. The van der Waals surface area contributed by atoms with E-state index in [1.807, 2.05) is 12.1 Å². The molecule has 4 heterocycles. The van der Waals surface area contributed by atoms with Gasteiger partial charge in [-0.3, -0.25) is 4.90 Å². The second kappa shape index (κ2) is 10.9. The van der Waals surface area contributed by atoms with Gasteiger partial charge in [0.15, 0.2) is 0 Å². The summed E-state index contributed by atoms with van der Waals surface area (Å²) in [6.45, 7) is 13.1. The van der Waals surface area contributed by atoms with Gasteiger partial charge in [-0.2, -0.15) is 13.2 Å². The number of benzene rings is 1. The average molecular weight is 552 g/mol. The maximum absolute atomic E-state index is 13.8. The van der Waals surface area contributed by atoms with Gasteiger partial charge in [0, 0.05) is 55.2 Å². The van der Waals surface area contributed by atoms with E-state index in [0.29, 0.717) is 11.9 Å². The molecule has 0 amide bonds. The lowest BCUT2D eigenvalue weighted by Gasteiger charge is -2.35. The van der Waals surface area contributed by atoms with Crippen LogP contribution >= 0.6 is 0 Å². The van der Waals surface area contributed by atoms with E-state index in [2.05, 4.69) is 74.1 Å². The van der Waals surface area contributed by atoms with Crippen molar-refractivity contribution in [2.75, 3.05) is 29.9 Å². The van der Waals surface area contributed by atoms with Gasteiger partial charge in [0.1, 0.15) is 5.82 Å². The molecule has 40 heavy (non-hydrogen) atoms. The van der Waals surface area contributed by atoms with Crippen LogP contribution in [-0.2, 0) is 22.9 Å². The molecule has 2 atom stereocenters. The van der Waals surface area contributed by atoms with Gasteiger partial charge in [0.05, 0.1) is 28.8 Å². The van der Waals surface area contributed by atoms with E-state index >= 15 is 0 Å². The van der Waals surface area contributed by atoms with Gasteiger partial charge in [0.25, 0.3) is 0 Å². The average Bonchev–Trinajstić information content (AvgIpc) is 2.87. The first-order chi connectivity index (χ1) is 18.9. The van der Waals surface area contributed by atoms with Gasteiger partial charge in [-0.25, -0.2) is 9.97 Å². The molecular weight excluding hydrogens is 515 g/mol. The highest BCUT2D eigenvalue weighted by Crippen LogP contribution is 2.35. The summed E-state index contributed by atoms with van der Waals surface area (Å²) in [6.07, 6.45) is 0.678. The summed E-state index contributed by atoms with van der Waals surface area (Å²) < 4.78 is 47.2. The molecule has 1 aromatic carbocycles. The Bertz CT molecular complexity index is 1470. The molecular formula is C31H36F3N5O. The standard InChI is InChI=1S/C31H36F3N5O/c1-20-16-38(17-21(2)40-20)18-24-15-27(36-23-10-8-22(9-11-23)30(3,4)5)25-12-14-39(19-28(25)37-24)29-26(31(32,33)34)7-6-13-35-29/h6-13,15,19-21,36H,14,16-18H2,1-5H3. The number of fused-ring (bicyclic) bond motifs is 1. The Labute approximate surface area is 233 Å². The number of nitrogens with one attached hydrogen (secondary N) is 1. The summed E-state index contributed by atoms with van der Waals surface area (Å²) in [5.41, 5.74) is 3.13. The van der Waals surface area contributed by atoms with Crippen LogP contribution in [0.4, 0.5) is 30.4 Å². The lowest BCUT2D eigenvalue weighted by molar-refractivity contribution is -0.137. The van der Waals surface area contributed by atoms with Crippen LogP contribution in [-0.4, -0.2) is 46.7 Å². The van der Waals surface area contributed by atoms with Crippen LogP contribution in [0.3, 0.4) is 0 Å². The van der Waals surface area contributed by atoms with Gasteiger partial charge in [0.2, 0.25) is 0 Å². The topological polar surface area (TPSA) is 53.5 Å². The zero-order valence-electron chi connectivity index (χ0n) is 23.6. The first-order valence-corrected chi connectivity index (χ1v) is 13.6. The minimum absolute atomic E-state index is 0.0426. The fourth-order valence-electron chi connectivity index (χ4n) is 5.36. The van der Waals surface area contributed by atoms with E-state index in [4.69, 9.17) is 9.72 Å². The van der Waals surface area contributed by atoms with E-state index in [0.717, 1.165) is 41.4 Å². The largest absolute Gasteiger partial charge is 0.419 e. The Morgan fingerprint density at radius 1 is 1.02 bits per heavy atom. The molecule has 2 aromatic heterocycles. The number of hydrogen-bond acceptors (Lipinski definition) is 6. The van der Waals surface area contributed by atoms with Crippen molar-refractivity contribution < 1.29 is 17.9 Å². The number of alkyl halides is 3. The van der Waals surface area contributed by atoms with E-state index in [1.54, 1.807) is 6.20 Å². The van der Waals surface area contributed by atoms with Crippen LogP contribution in [0.1, 0.15) is 51.4 Å². The van der Waals surface area contributed by atoms with Gasteiger partial charge < -0.3 is 15.0 Å². The number of pyridine rings is 2. The predicted molar refractivity (Wildman–Crippen MR) is 153 cm³/mol. The number of aromatic nitrogens is 2. The highest BCUT2D eigenvalue weighted by atomic mass is 19.4. The van der Waals surface area contributed by atoms with Crippen molar-refractivity contribution in [3.63, 3.8) is 0 Å². The zero-order chi connectivity index (χ0) is 28.7. The molecule has 212 valence electrons. The van der Waals surface area contributed by atoms with Crippen LogP contribution in [0.5, 0.6) is 0 Å². The second-order valence-corrected chi connectivity index (χ2v) is 11.7. The van der Waals surface area contributed by atoms with Crippen molar-refractivity contribution in [2.45, 2.75) is 65.0 Å². The molecule has 9 heteroatoms. The van der Waals surface area contributed by atoms with Gasteiger partial charge in [-0.05, 0) is 55.2 Å². The third-order valence-electron chi connectivity index (χ3n) is 7.19. The van der Waals surface area contributed by atoms with Crippen molar-refractivity contribution in [2.24, 2.45) is 0 Å². The van der Waals surface area contributed by atoms with Crippen LogP contribution in [0, 0.1) is 0 Å². The van der Waals surface area contributed by atoms with Gasteiger partial charge in [-0.15, -0.1) is 0 Å². The van der Waals surface area contributed by atoms with Gasteiger partial charge in [-0.1, -0.05) is 39.0 Å². The summed E-state index contributed by atoms with van der Waals surface area (Å²) in [5.74, 6) is -0.132. The third kappa shape index (κ3) is 6.31. The molecule has 0 bridgehead atoms. The number of hydrogen-bond donors (Lipinski definition) is 1. The molecule has 0 radical (unpaired) electrons. The molecule has 5 rings (SSSR count). The van der Waals surface area contributed by atoms with Crippen molar-refractivity contribution in [3.05, 3.63) is 76.1 Å². The molecule has 0 aliphatic carbocycles. The molecule has 1 saturated heterocycles. The van der Waals surface area contributed by atoms with Crippen molar-refractivity contribution in [1.29, 1.82) is 0 Å². The third-order valence-corrected chi connectivity index (χ3v) is 7.19. The highest BCUT2D eigenvalue weighted by Gasteiger charge is 2.35. The number of anilines is 3. The Morgan fingerprint density at radius 3 is 2.38 bits per heavy atom. The number of ether oxygens (including phenoxy) is 1. The maximum atomic E-state index is 13.8. The molecule has 6 nitrogen and oxygen atoms in total. The molecule has 0 spiro atoms. The van der Waals surface area contributed by atoms with Crippen molar-refractivity contribution >= 4 is 29.5 Å². The molecule has 2 unspecified atom stereocenters. The van der Waals surface area contributed by atoms with Crippen LogP contribution in [0.15, 0.2) is 48.7 Å². The summed E-state index contributed by atoms with van der Waals surface area (Å²) in [5, 5.41) is 5.00. The normalized spacial score (nSPS) is 19.9. The smallest absolute Gasteiger partial charge is 0.373 e. The van der Waals surface area contributed by atoms with Gasteiger partial charge >= 0.3 is 6.18 Å². The quantitative estimate of drug-likeness (QED) is 0.472. The number of nitrogens with zero attached hydrogens (tertiary/aromatic N) is 4. The monoisotopic (exact) mass is 551 g/mol. The van der Waals surface area contributed by atoms with Crippen molar-refractivity contribution in [1.82, 2.24) is 14.9 Å². The van der Waals surface area contributed by atoms with E-state index < -0.39 is 11.7 Å². The number of morpholine rings is 1. The fraction of sp³-hybridized carbons (Fsp3) is 0.419. The van der Waals surface area contributed by atoms with Crippen LogP contribution < -0.4 is 20.8 Å². The Hall–Kier alpha value is -3.43. The molecule has 1 fully saturated rings.